The van der Waals surface area contributed by atoms with Crippen LogP contribution in [0.4, 0.5) is 0 Å². The fourth-order valence-corrected chi connectivity index (χ4v) is 2.49. The smallest absolute Gasteiger partial charge is 0.342 e. The third kappa shape index (κ3) is 4.60. The predicted molar refractivity (Wildman–Crippen MR) is 97.5 cm³/mol. The van der Waals surface area contributed by atoms with Gasteiger partial charge in [0.25, 0.3) is 0 Å². The molecule has 0 radical (unpaired) electrons. The van der Waals surface area contributed by atoms with Gasteiger partial charge in [0.2, 0.25) is 5.78 Å². The Balaban J connectivity index is 2.10. The van der Waals surface area contributed by atoms with Gasteiger partial charge in [-0.3, -0.25) is 4.79 Å². The topological polar surface area (TPSA) is 63.6 Å². The van der Waals surface area contributed by atoms with Crippen molar-refractivity contribution < 1.29 is 19.4 Å². The summed E-state index contributed by atoms with van der Waals surface area (Å²) in [6.07, 6.45) is -0.969. The Morgan fingerprint density at radius 2 is 1.68 bits per heavy atom. The maximum atomic E-state index is 12.5. The summed E-state index contributed by atoms with van der Waals surface area (Å²) in [6.45, 7) is 7.78. The molecule has 0 saturated heterocycles. The number of rotatable bonds is 4. The molecule has 132 valence electrons. The molecule has 4 nitrogen and oxygen atoms in total. The van der Waals surface area contributed by atoms with E-state index >= 15 is 0 Å². The SMILES string of the molecule is CC(OC(=O)c1ccc(Cl)cc1O)C(=O)c1ccc(C(C)(C)C)cc1. The molecule has 0 aliphatic rings. The average molecular weight is 361 g/mol. The highest BCUT2D eigenvalue weighted by Gasteiger charge is 2.23. The van der Waals surface area contributed by atoms with Crippen LogP contribution >= 0.6 is 11.6 Å². The van der Waals surface area contributed by atoms with E-state index < -0.39 is 12.1 Å². The highest BCUT2D eigenvalue weighted by molar-refractivity contribution is 6.30. The lowest BCUT2D eigenvalue weighted by atomic mass is 9.86. The van der Waals surface area contributed by atoms with Crippen molar-refractivity contribution in [3.63, 3.8) is 0 Å². The first-order valence-electron chi connectivity index (χ1n) is 7.94. The van der Waals surface area contributed by atoms with Gasteiger partial charge in [0, 0.05) is 10.6 Å². The van der Waals surface area contributed by atoms with E-state index in [-0.39, 0.29) is 22.5 Å². The van der Waals surface area contributed by atoms with E-state index in [0.29, 0.717) is 10.6 Å². The van der Waals surface area contributed by atoms with Gasteiger partial charge in [-0.1, -0.05) is 56.6 Å². The molecule has 0 aliphatic carbocycles. The van der Waals surface area contributed by atoms with Crippen molar-refractivity contribution in [2.45, 2.75) is 39.2 Å². The van der Waals surface area contributed by atoms with E-state index in [2.05, 4.69) is 20.8 Å². The number of aromatic hydroxyl groups is 1. The summed E-state index contributed by atoms with van der Waals surface area (Å²) in [5.74, 6) is -1.37. The molecular weight excluding hydrogens is 340 g/mol. The number of benzene rings is 2. The van der Waals surface area contributed by atoms with E-state index in [0.717, 1.165) is 5.56 Å². The molecule has 0 fully saturated rings. The lowest BCUT2D eigenvalue weighted by molar-refractivity contribution is 0.0316. The molecule has 0 aliphatic heterocycles. The summed E-state index contributed by atoms with van der Waals surface area (Å²) >= 11 is 5.74. The lowest BCUT2D eigenvalue weighted by Crippen LogP contribution is -2.24. The standard InChI is InChI=1S/C20H21ClO4/c1-12(25-19(24)16-10-9-15(21)11-17(16)22)18(23)13-5-7-14(8-6-13)20(2,3)4/h5-12,22H,1-4H3. The number of ether oxygens (including phenoxy) is 1. The zero-order valence-electron chi connectivity index (χ0n) is 14.7. The zero-order valence-corrected chi connectivity index (χ0v) is 15.4. The summed E-state index contributed by atoms with van der Waals surface area (Å²) in [7, 11) is 0. The Bertz CT molecular complexity index is 788. The van der Waals surface area contributed by atoms with Crippen LogP contribution in [-0.2, 0) is 10.2 Å². The number of hydrogen-bond donors (Lipinski definition) is 1. The summed E-state index contributed by atoms with van der Waals surface area (Å²) in [5, 5.41) is 10.1. The molecule has 0 amide bonds. The van der Waals surface area contributed by atoms with E-state index in [1.165, 1.54) is 25.1 Å². The van der Waals surface area contributed by atoms with Crippen molar-refractivity contribution in [3.8, 4) is 5.75 Å². The van der Waals surface area contributed by atoms with Crippen LogP contribution in [0.3, 0.4) is 0 Å². The Morgan fingerprint density at radius 1 is 1.08 bits per heavy atom. The number of carbonyl (C=O) groups excluding carboxylic acids is 2. The summed E-state index contributed by atoms with van der Waals surface area (Å²) in [4.78, 5) is 24.6. The number of phenolic OH excluding ortho intramolecular Hbond substituents is 1. The fraction of sp³-hybridized carbons (Fsp3) is 0.300. The van der Waals surface area contributed by atoms with E-state index in [1.54, 1.807) is 12.1 Å². The highest BCUT2D eigenvalue weighted by atomic mass is 35.5. The van der Waals surface area contributed by atoms with E-state index in [1.807, 2.05) is 12.1 Å². The maximum absolute atomic E-state index is 12.5. The van der Waals surface area contributed by atoms with Crippen LogP contribution in [-0.4, -0.2) is 23.0 Å². The number of carbonyl (C=O) groups is 2. The lowest BCUT2D eigenvalue weighted by Gasteiger charge is -2.19. The summed E-state index contributed by atoms with van der Waals surface area (Å²) < 4.78 is 5.18. The predicted octanol–water partition coefficient (Wildman–Crippen LogP) is 4.77. The quantitative estimate of drug-likeness (QED) is 0.630. The third-order valence-electron chi connectivity index (χ3n) is 3.87. The fourth-order valence-electron chi connectivity index (χ4n) is 2.32. The number of esters is 1. The molecule has 2 aromatic rings. The molecule has 0 saturated carbocycles. The van der Waals surface area contributed by atoms with Gasteiger partial charge in [-0.05, 0) is 36.1 Å². The monoisotopic (exact) mass is 360 g/mol. The minimum atomic E-state index is -0.969. The molecule has 0 spiro atoms. The molecule has 1 unspecified atom stereocenters. The normalized spacial score (nSPS) is 12.5. The Hall–Kier alpha value is -2.33. The molecule has 0 bridgehead atoms. The van der Waals surface area contributed by atoms with Gasteiger partial charge in [0.1, 0.15) is 11.3 Å². The second kappa shape index (κ2) is 7.28. The first-order valence-corrected chi connectivity index (χ1v) is 8.31. The first-order chi connectivity index (χ1) is 11.6. The minimum Gasteiger partial charge on any atom is -0.507 e. The number of phenols is 1. The van der Waals surface area contributed by atoms with Crippen molar-refractivity contribution in [1.29, 1.82) is 0 Å². The maximum Gasteiger partial charge on any atom is 0.342 e. The van der Waals surface area contributed by atoms with Crippen LogP contribution in [0.2, 0.25) is 5.02 Å². The van der Waals surface area contributed by atoms with Crippen LogP contribution in [0.15, 0.2) is 42.5 Å². The van der Waals surface area contributed by atoms with Crippen molar-refractivity contribution in [2.24, 2.45) is 0 Å². The van der Waals surface area contributed by atoms with Crippen molar-refractivity contribution >= 4 is 23.4 Å². The van der Waals surface area contributed by atoms with Gasteiger partial charge in [0.15, 0.2) is 6.10 Å². The largest absolute Gasteiger partial charge is 0.507 e. The summed E-state index contributed by atoms with van der Waals surface area (Å²) in [6, 6.07) is 11.3. The van der Waals surface area contributed by atoms with Crippen LogP contribution < -0.4 is 0 Å². The molecule has 1 N–H and O–H groups in total. The van der Waals surface area contributed by atoms with E-state index in [4.69, 9.17) is 16.3 Å². The zero-order chi connectivity index (χ0) is 18.8. The van der Waals surface area contributed by atoms with Gasteiger partial charge < -0.3 is 9.84 Å². The average Bonchev–Trinajstić information content (AvgIpc) is 2.53. The molecule has 5 heteroatoms. The molecule has 2 rings (SSSR count). The minimum absolute atomic E-state index is 0.00817. The third-order valence-corrected chi connectivity index (χ3v) is 4.10. The van der Waals surface area contributed by atoms with Gasteiger partial charge in [-0.25, -0.2) is 4.79 Å². The number of hydrogen-bond acceptors (Lipinski definition) is 4. The van der Waals surface area contributed by atoms with Gasteiger partial charge in [-0.2, -0.15) is 0 Å². The van der Waals surface area contributed by atoms with E-state index in [9.17, 15) is 14.7 Å². The molecule has 0 aromatic heterocycles. The van der Waals surface area contributed by atoms with Crippen LogP contribution in [0.1, 0.15) is 54.0 Å². The number of halogens is 1. The molecular formula is C20H21ClO4. The van der Waals surface area contributed by atoms with Gasteiger partial charge in [0.05, 0.1) is 0 Å². The highest BCUT2D eigenvalue weighted by Crippen LogP contribution is 2.24. The molecule has 2 aromatic carbocycles. The van der Waals surface area contributed by atoms with Crippen LogP contribution in [0, 0.1) is 0 Å². The number of Topliss-reactive ketones (excluding diaryl/α,β-unsaturated/α-hetero) is 1. The first kappa shape index (κ1) is 19.0. The Kier molecular flexibility index (Phi) is 5.53. The van der Waals surface area contributed by atoms with Crippen molar-refractivity contribution in [3.05, 3.63) is 64.2 Å². The van der Waals surface area contributed by atoms with Crippen molar-refractivity contribution in [2.75, 3.05) is 0 Å². The molecule has 0 heterocycles. The Morgan fingerprint density at radius 3 is 2.20 bits per heavy atom. The molecule has 1 atom stereocenters. The van der Waals surface area contributed by atoms with Crippen LogP contribution in [0.25, 0.3) is 0 Å². The summed E-state index contributed by atoms with van der Waals surface area (Å²) in [5.41, 5.74) is 1.53. The van der Waals surface area contributed by atoms with Crippen LogP contribution in [0.5, 0.6) is 5.75 Å². The second-order valence-corrected chi connectivity index (χ2v) is 7.34. The molecule has 25 heavy (non-hydrogen) atoms. The van der Waals surface area contributed by atoms with Gasteiger partial charge in [-0.15, -0.1) is 0 Å². The van der Waals surface area contributed by atoms with Crippen molar-refractivity contribution in [1.82, 2.24) is 0 Å². The Labute approximate surface area is 152 Å². The second-order valence-electron chi connectivity index (χ2n) is 6.90. The number of ketones is 1. The van der Waals surface area contributed by atoms with Gasteiger partial charge >= 0.3 is 5.97 Å².